The van der Waals surface area contributed by atoms with Gasteiger partial charge in [-0.1, -0.05) is 61.0 Å². The Morgan fingerprint density at radius 1 is 1.34 bits per heavy atom. The van der Waals surface area contributed by atoms with Gasteiger partial charge in [0.05, 0.1) is 17.7 Å². The van der Waals surface area contributed by atoms with Crippen LogP contribution >= 0.6 is 11.6 Å². The summed E-state index contributed by atoms with van der Waals surface area (Å²) in [6.45, 7) is 3.23. The first-order valence-electron chi connectivity index (χ1n) is 11.2. The molecule has 2 aromatic carbocycles. The molecule has 0 spiro atoms. The Morgan fingerprint density at radius 3 is 2.63 bits per heavy atom. The zero-order valence-corrected chi connectivity index (χ0v) is 20.1. The van der Waals surface area contributed by atoms with Crippen LogP contribution in [0, 0.1) is 5.82 Å². The molecule has 2 aliphatic rings. The van der Waals surface area contributed by atoms with Crippen LogP contribution in [-0.2, 0) is 15.1 Å². The average molecular weight is 505 g/mol. The summed E-state index contributed by atoms with van der Waals surface area (Å²) in [6.07, 6.45) is -1.22. The maximum absolute atomic E-state index is 16.0. The summed E-state index contributed by atoms with van der Waals surface area (Å²) in [6, 6.07) is 10.4. The van der Waals surface area contributed by atoms with Gasteiger partial charge in [0, 0.05) is 40.8 Å². The van der Waals surface area contributed by atoms with Crippen LogP contribution in [0.5, 0.6) is 5.75 Å². The standard InChI is InChI=1S/C26H27ClF2N2O4/c1-13(32)11-34-18-9-8-16(25(31)33)21(24(18)29)22-20-14(2)26(12-30,15-6-4-3-5-7-15)35-19(20)10-17(28)23(22)27/h3-10,13-14,18,24,32H,11-12,30H2,1-2H3,(H2,31,33)/t13-,14-,18?,24?,26-/m0/s1. The van der Waals surface area contributed by atoms with Crippen LogP contribution in [0.2, 0.25) is 5.02 Å². The molecule has 0 aromatic heterocycles. The van der Waals surface area contributed by atoms with Crippen LogP contribution in [0.4, 0.5) is 8.78 Å². The van der Waals surface area contributed by atoms with Gasteiger partial charge >= 0.3 is 0 Å². The van der Waals surface area contributed by atoms with E-state index in [9.17, 15) is 9.90 Å². The summed E-state index contributed by atoms with van der Waals surface area (Å²) in [5.41, 5.74) is 11.6. The lowest BCUT2D eigenvalue weighted by molar-refractivity contribution is -0.114. The highest BCUT2D eigenvalue weighted by atomic mass is 35.5. The van der Waals surface area contributed by atoms with Crippen molar-refractivity contribution in [1.29, 1.82) is 0 Å². The predicted molar refractivity (Wildman–Crippen MR) is 129 cm³/mol. The van der Waals surface area contributed by atoms with Gasteiger partial charge in [-0.15, -0.1) is 0 Å². The number of benzene rings is 2. The molecule has 4 rings (SSSR count). The first-order chi connectivity index (χ1) is 16.6. The molecule has 0 saturated heterocycles. The number of aliphatic hydroxyl groups excluding tert-OH is 1. The number of hydrogen-bond acceptors (Lipinski definition) is 5. The number of primary amides is 1. The Kier molecular flexibility index (Phi) is 7.02. The van der Waals surface area contributed by atoms with E-state index in [-0.39, 0.29) is 40.6 Å². The van der Waals surface area contributed by atoms with E-state index in [1.165, 1.54) is 19.1 Å². The molecular weight excluding hydrogens is 478 g/mol. The summed E-state index contributed by atoms with van der Waals surface area (Å²) in [5, 5.41) is 9.21. The number of nitrogens with two attached hydrogens (primary N) is 2. The number of aliphatic hydroxyl groups is 1. The van der Waals surface area contributed by atoms with Gasteiger partial charge in [-0.25, -0.2) is 8.78 Å². The smallest absolute Gasteiger partial charge is 0.249 e. The van der Waals surface area contributed by atoms with E-state index >= 15 is 8.78 Å². The van der Waals surface area contributed by atoms with Crippen LogP contribution in [0.1, 0.15) is 36.5 Å². The lowest BCUT2D eigenvalue weighted by Crippen LogP contribution is -2.41. The van der Waals surface area contributed by atoms with E-state index < -0.39 is 41.6 Å². The van der Waals surface area contributed by atoms with Crippen molar-refractivity contribution in [2.24, 2.45) is 11.5 Å². The summed E-state index contributed by atoms with van der Waals surface area (Å²) in [7, 11) is 0. The maximum Gasteiger partial charge on any atom is 0.249 e. The number of ether oxygens (including phenoxy) is 2. The molecule has 186 valence electrons. The van der Waals surface area contributed by atoms with Crippen molar-refractivity contribution < 1.29 is 28.2 Å². The normalized spacial score (nSPS) is 26.4. The van der Waals surface area contributed by atoms with Gasteiger partial charge in [-0.2, -0.15) is 0 Å². The summed E-state index contributed by atoms with van der Waals surface area (Å²) in [4.78, 5) is 12.3. The highest BCUT2D eigenvalue weighted by Crippen LogP contribution is 2.55. The van der Waals surface area contributed by atoms with E-state index in [4.69, 9.17) is 32.5 Å². The van der Waals surface area contributed by atoms with E-state index in [0.717, 1.165) is 11.6 Å². The lowest BCUT2D eigenvalue weighted by Gasteiger charge is -2.33. The summed E-state index contributed by atoms with van der Waals surface area (Å²) < 4.78 is 42.9. The quantitative estimate of drug-likeness (QED) is 0.532. The molecule has 35 heavy (non-hydrogen) atoms. The summed E-state index contributed by atoms with van der Waals surface area (Å²) in [5.74, 6) is -2.08. The van der Waals surface area contributed by atoms with Crippen molar-refractivity contribution in [2.45, 2.75) is 43.7 Å². The van der Waals surface area contributed by atoms with Crippen molar-refractivity contribution in [3.8, 4) is 5.75 Å². The first kappa shape index (κ1) is 25.3. The molecule has 0 bridgehead atoms. The molecule has 2 aromatic rings. The SMILES string of the molecule is C[C@H](O)COC1C=CC(C(N)=O)=C(c2c(Cl)c(F)cc3c2[C@H](C)[C@@](CN)(c2ccccc2)O3)C1F. The van der Waals surface area contributed by atoms with Crippen molar-refractivity contribution in [1.82, 2.24) is 0 Å². The van der Waals surface area contributed by atoms with Gasteiger partial charge in [0.2, 0.25) is 5.91 Å². The third-order valence-electron chi connectivity index (χ3n) is 6.58. The van der Waals surface area contributed by atoms with Crippen LogP contribution in [0.25, 0.3) is 5.57 Å². The van der Waals surface area contributed by atoms with Crippen LogP contribution in [0.3, 0.4) is 0 Å². The second-order valence-electron chi connectivity index (χ2n) is 8.84. The van der Waals surface area contributed by atoms with Gasteiger partial charge in [-0.05, 0) is 12.5 Å². The number of alkyl halides is 1. The fourth-order valence-electron chi connectivity index (χ4n) is 4.85. The fraction of sp³-hybridized carbons (Fsp3) is 0.346. The Balaban J connectivity index is 1.93. The number of carbonyl (C=O) groups is 1. The third-order valence-corrected chi connectivity index (χ3v) is 6.95. The number of fused-ring (bicyclic) bond motifs is 1. The largest absolute Gasteiger partial charge is 0.480 e. The van der Waals surface area contributed by atoms with Gasteiger partial charge in [-0.3, -0.25) is 4.79 Å². The van der Waals surface area contributed by atoms with E-state index in [1.54, 1.807) is 0 Å². The lowest BCUT2D eigenvalue weighted by atomic mass is 9.76. The zero-order chi connectivity index (χ0) is 25.5. The average Bonchev–Trinajstić information content (AvgIpc) is 3.11. The number of halogens is 3. The van der Waals surface area contributed by atoms with Crippen molar-refractivity contribution in [2.75, 3.05) is 13.2 Å². The second kappa shape index (κ2) is 9.70. The molecule has 5 atom stereocenters. The monoisotopic (exact) mass is 504 g/mol. The van der Waals surface area contributed by atoms with Crippen molar-refractivity contribution >= 4 is 23.1 Å². The van der Waals surface area contributed by atoms with E-state index in [1.807, 2.05) is 37.3 Å². The molecule has 2 unspecified atom stereocenters. The minimum absolute atomic E-state index is 0.00304. The van der Waals surface area contributed by atoms with Crippen LogP contribution in [-0.4, -0.2) is 42.5 Å². The van der Waals surface area contributed by atoms with Gasteiger partial charge in [0.1, 0.15) is 17.7 Å². The predicted octanol–water partition coefficient (Wildman–Crippen LogP) is 3.74. The topological polar surface area (TPSA) is 108 Å². The maximum atomic E-state index is 16.0. The first-order valence-corrected chi connectivity index (χ1v) is 11.6. The Labute approximate surface area is 207 Å². The molecular formula is C26H27ClF2N2O4. The van der Waals surface area contributed by atoms with E-state index in [2.05, 4.69) is 0 Å². The minimum Gasteiger partial charge on any atom is -0.480 e. The molecule has 5 N–H and O–H groups in total. The molecule has 1 aliphatic carbocycles. The van der Waals surface area contributed by atoms with Crippen molar-refractivity contribution in [3.63, 3.8) is 0 Å². The Hall–Kier alpha value is -2.78. The number of hydrogen-bond donors (Lipinski definition) is 3. The Morgan fingerprint density at radius 2 is 2.03 bits per heavy atom. The molecule has 1 amide bonds. The van der Waals surface area contributed by atoms with Crippen molar-refractivity contribution in [3.05, 3.63) is 81.7 Å². The van der Waals surface area contributed by atoms with Crippen LogP contribution in [0.15, 0.2) is 54.1 Å². The molecule has 1 heterocycles. The number of rotatable bonds is 7. The molecule has 0 fully saturated rings. The fourth-order valence-corrected chi connectivity index (χ4v) is 5.11. The van der Waals surface area contributed by atoms with E-state index in [0.29, 0.717) is 5.56 Å². The Bertz CT molecular complexity index is 1200. The third kappa shape index (κ3) is 4.25. The van der Waals surface area contributed by atoms with Gasteiger partial charge in [0.15, 0.2) is 11.8 Å². The molecule has 6 nitrogen and oxygen atoms in total. The van der Waals surface area contributed by atoms with Gasteiger partial charge < -0.3 is 26.0 Å². The highest BCUT2D eigenvalue weighted by Gasteiger charge is 2.50. The van der Waals surface area contributed by atoms with Crippen LogP contribution < -0.4 is 16.2 Å². The molecule has 0 saturated carbocycles. The number of amides is 1. The highest BCUT2D eigenvalue weighted by molar-refractivity contribution is 6.33. The zero-order valence-electron chi connectivity index (χ0n) is 19.3. The second-order valence-corrected chi connectivity index (χ2v) is 9.22. The summed E-state index contributed by atoms with van der Waals surface area (Å²) >= 11 is 6.45. The molecule has 9 heteroatoms. The minimum atomic E-state index is -1.92. The molecule has 1 aliphatic heterocycles. The van der Waals surface area contributed by atoms with Gasteiger partial charge in [0.25, 0.3) is 0 Å². The molecule has 0 radical (unpaired) electrons. The number of carbonyl (C=O) groups excluding carboxylic acids is 1.